The minimum atomic E-state index is -2.00. The van der Waals surface area contributed by atoms with Gasteiger partial charge in [-0.2, -0.15) is 0 Å². The number of ketones is 1. The quantitative estimate of drug-likeness (QED) is 0.823. The zero-order valence-corrected chi connectivity index (χ0v) is 12.2. The first kappa shape index (κ1) is 14.9. The van der Waals surface area contributed by atoms with Gasteiger partial charge >= 0.3 is 0 Å². The number of rotatable bonds is 2. The van der Waals surface area contributed by atoms with Crippen molar-refractivity contribution < 1.29 is 27.7 Å². The van der Waals surface area contributed by atoms with Gasteiger partial charge in [0.15, 0.2) is 11.6 Å². The second kappa shape index (κ2) is 5.64. The molecule has 22 heavy (non-hydrogen) atoms. The predicted octanol–water partition coefficient (Wildman–Crippen LogP) is 1.05. The van der Waals surface area contributed by atoms with Crippen molar-refractivity contribution >= 4 is 28.5 Å². The second-order valence-electron chi connectivity index (χ2n) is 5.10. The summed E-state index contributed by atoms with van der Waals surface area (Å²) in [4.78, 5) is 26.5. The highest BCUT2D eigenvalue weighted by atomic mass is 32.2. The molecule has 9 heteroatoms. The van der Waals surface area contributed by atoms with Crippen molar-refractivity contribution in [1.29, 1.82) is 0 Å². The number of Topliss-reactive ketones (excluding diaryl/α,β-unsaturated/α-hetero) is 1. The van der Waals surface area contributed by atoms with Crippen LogP contribution in [-0.4, -0.2) is 22.4 Å². The van der Waals surface area contributed by atoms with Crippen molar-refractivity contribution in [2.24, 2.45) is 0 Å². The molecule has 1 aromatic rings. The molecule has 0 spiro atoms. The highest BCUT2D eigenvalue weighted by molar-refractivity contribution is 7.85. The molecular formula is C13H12F2N2O4S. The number of carbonyl (C=O) groups is 2. The number of aryl methyl sites for hydroxylation is 1. The lowest BCUT2D eigenvalue weighted by molar-refractivity contribution is -0.119. The first-order chi connectivity index (χ1) is 10.5. The van der Waals surface area contributed by atoms with Gasteiger partial charge in [0.1, 0.15) is 18.0 Å². The SMILES string of the molecule is O=C1CCc2cc(OF)c(N3CC(=O)NS3=O)c(F)c2CC1. The molecule has 118 valence electrons. The smallest absolute Gasteiger partial charge is 0.253 e. The van der Waals surface area contributed by atoms with E-state index in [1.807, 2.05) is 0 Å². The van der Waals surface area contributed by atoms with Crippen molar-refractivity contribution in [2.75, 3.05) is 10.8 Å². The van der Waals surface area contributed by atoms with Gasteiger partial charge in [0, 0.05) is 17.4 Å². The lowest BCUT2D eigenvalue weighted by Gasteiger charge is -2.19. The average molecular weight is 330 g/mol. The van der Waals surface area contributed by atoms with E-state index in [-0.39, 0.29) is 42.8 Å². The van der Waals surface area contributed by atoms with Gasteiger partial charge in [-0.1, -0.05) is 0 Å². The number of nitrogens with one attached hydrogen (secondary N) is 1. The lowest BCUT2D eigenvalue weighted by atomic mass is 10.0. The zero-order chi connectivity index (χ0) is 15.9. The number of halogens is 2. The first-order valence-electron chi connectivity index (χ1n) is 6.64. The molecule has 1 saturated heterocycles. The third-order valence-electron chi connectivity index (χ3n) is 3.75. The van der Waals surface area contributed by atoms with E-state index in [4.69, 9.17) is 0 Å². The topological polar surface area (TPSA) is 75.7 Å². The third-order valence-corrected chi connectivity index (χ3v) is 4.86. The van der Waals surface area contributed by atoms with Gasteiger partial charge in [-0.3, -0.25) is 23.6 Å². The first-order valence-corrected chi connectivity index (χ1v) is 7.75. The van der Waals surface area contributed by atoms with Gasteiger partial charge in [0.2, 0.25) is 11.2 Å². The van der Waals surface area contributed by atoms with Crippen LogP contribution in [0.25, 0.3) is 0 Å². The fourth-order valence-electron chi connectivity index (χ4n) is 2.69. The zero-order valence-electron chi connectivity index (χ0n) is 11.4. The van der Waals surface area contributed by atoms with Gasteiger partial charge in [0.05, 0.1) is 0 Å². The molecule has 0 saturated carbocycles. The van der Waals surface area contributed by atoms with E-state index in [0.29, 0.717) is 12.0 Å². The van der Waals surface area contributed by atoms with Crippen LogP contribution in [-0.2, 0) is 33.6 Å². The van der Waals surface area contributed by atoms with Crippen LogP contribution < -0.4 is 14.0 Å². The second-order valence-corrected chi connectivity index (χ2v) is 6.25. The molecule has 1 aliphatic carbocycles. The van der Waals surface area contributed by atoms with Gasteiger partial charge < -0.3 is 0 Å². The van der Waals surface area contributed by atoms with Crippen molar-refractivity contribution in [3.63, 3.8) is 0 Å². The molecule has 0 bridgehead atoms. The Morgan fingerprint density at radius 2 is 1.95 bits per heavy atom. The summed E-state index contributed by atoms with van der Waals surface area (Å²) < 4.78 is 42.4. The number of fused-ring (bicyclic) bond motifs is 1. The predicted molar refractivity (Wildman–Crippen MR) is 73.4 cm³/mol. The Hall–Kier alpha value is -2.03. The maximum Gasteiger partial charge on any atom is 0.253 e. The van der Waals surface area contributed by atoms with E-state index >= 15 is 0 Å². The molecule has 1 aliphatic heterocycles. The molecule has 1 heterocycles. The van der Waals surface area contributed by atoms with E-state index in [1.54, 1.807) is 0 Å². The Kier molecular flexibility index (Phi) is 3.81. The maximum atomic E-state index is 14.8. The minimum absolute atomic E-state index is 0.00135. The van der Waals surface area contributed by atoms with Crippen LogP contribution in [0.2, 0.25) is 0 Å². The van der Waals surface area contributed by atoms with Crippen LogP contribution in [0.4, 0.5) is 14.6 Å². The molecule has 2 aliphatic rings. The van der Waals surface area contributed by atoms with Gasteiger partial charge in [-0.15, -0.1) is 0 Å². The number of hydrogen-bond donors (Lipinski definition) is 1. The van der Waals surface area contributed by atoms with Gasteiger partial charge in [0.25, 0.3) is 5.91 Å². The molecule has 3 rings (SSSR count). The summed E-state index contributed by atoms with van der Waals surface area (Å²) in [5, 5.41) is 0. The summed E-state index contributed by atoms with van der Waals surface area (Å²) in [5.41, 5.74) is 0.397. The summed E-state index contributed by atoms with van der Waals surface area (Å²) >= 11 is -2.00. The molecule has 0 aromatic heterocycles. The standard InChI is InChI=1S/C13H12F2N2O4S/c14-12-9-4-3-8(18)2-1-7(9)5-10(21-15)13(12)17-6-11(19)16-22(17)20/h5H,1-4,6H2,(H,16,19). The molecule has 1 amide bonds. The summed E-state index contributed by atoms with van der Waals surface area (Å²) in [6.07, 6.45) is 0.927. The number of nitrogens with zero attached hydrogens (tertiary/aromatic N) is 1. The van der Waals surface area contributed by atoms with Crippen LogP contribution in [0, 0.1) is 5.82 Å². The Morgan fingerprint density at radius 1 is 1.23 bits per heavy atom. The fraction of sp³-hybridized carbons (Fsp3) is 0.385. The lowest BCUT2D eigenvalue weighted by Crippen LogP contribution is -2.24. The molecule has 1 atom stereocenters. The number of benzene rings is 1. The average Bonchev–Trinajstić information content (AvgIpc) is 2.69. The Balaban J connectivity index is 2.12. The summed E-state index contributed by atoms with van der Waals surface area (Å²) in [6.45, 7) is -0.363. The van der Waals surface area contributed by atoms with E-state index < -0.39 is 28.6 Å². The van der Waals surface area contributed by atoms with Gasteiger partial charge in [-0.25, -0.2) is 8.60 Å². The van der Waals surface area contributed by atoms with E-state index in [2.05, 4.69) is 9.66 Å². The summed E-state index contributed by atoms with van der Waals surface area (Å²) in [6, 6.07) is 1.30. The Bertz CT molecular complexity index is 695. The molecule has 6 nitrogen and oxygen atoms in total. The fourth-order valence-corrected chi connectivity index (χ4v) is 3.63. The van der Waals surface area contributed by atoms with Crippen molar-refractivity contribution in [2.45, 2.75) is 25.7 Å². The number of hydrogen-bond acceptors (Lipinski definition) is 4. The number of carbonyl (C=O) groups excluding carboxylic acids is 2. The monoisotopic (exact) mass is 330 g/mol. The third kappa shape index (κ3) is 2.45. The van der Waals surface area contributed by atoms with Crippen LogP contribution in [0.1, 0.15) is 24.0 Å². The summed E-state index contributed by atoms with van der Waals surface area (Å²) in [7, 11) is 0. The summed E-state index contributed by atoms with van der Waals surface area (Å²) in [5.74, 6) is -1.81. The Labute approximate surface area is 127 Å². The van der Waals surface area contributed by atoms with Crippen molar-refractivity contribution in [3.05, 3.63) is 23.0 Å². The maximum absolute atomic E-state index is 14.8. The molecule has 0 radical (unpaired) electrons. The van der Waals surface area contributed by atoms with Gasteiger partial charge in [-0.05, 0) is 30.0 Å². The van der Waals surface area contributed by atoms with Crippen molar-refractivity contribution in [3.8, 4) is 5.75 Å². The van der Waals surface area contributed by atoms with Crippen LogP contribution in [0.5, 0.6) is 5.75 Å². The van der Waals surface area contributed by atoms with Crippen molar-refractivity contribution in [1.82, 2.24) is 4.72 Å². The molecule has 1 N–H and O–H groups in total. The highest BCUT2D eigenvalue weighted by Gasteiger charge is 2.34. The number of amides is 1. The van der Waals surface area contributed by atoms with Crippen LogP contribution in [0.15, 0.2) is 6.07 Å². The van der Waals surface area contributed by atoms with Crippen LogP contribution in [0.3, 0.4) is 0 Å². The molecular weight excluding hydrogens is 318 g/mol. The molecule has 1 fully saturated rings. The highest BCUT2D eigenvalue weighted by Crippen LogP contribution is 2.39. The largest absolute Gasteiger partial charge is 0.300 e. The Morgan fingerprint density at radius 3 is 2.59 bits per heavy atom. The van der Waals surface area contributed by atoms with E-state index in [1.165, 1.54) is 6.07 Å². The van der Waals surface area contributed by atoms with E-state index in [9.17, 15) is 22.7 Å². The minimum Gasteiger partial charge on any atom is -0.300 e. The van der Waals surface area contributed by atoms with Crippen LogP contribution >= 0.6 is 0 Å². The number of anilines is 1. The van der Waals surface area contributed by atoms with E-state index in [0.717, 1.165) is 4.31 Å². The molecule has 1 aromatic carbocycles. The normalized spacial score (nSPS) is 21.4. The molecule has 1 unspecified atom stereocenters.